The smallest absolute Gasteiger partial charge is 0.255 e. The molecular formula is C35H40ClN5O2. The van der Waals surface area contributed by atoms with Crippen molar-refractivity contribution in [3.05, 3.63) is 70.4 Å². The zero-order valence-electron chi connectivity index (χ0n) is 25.2. The number of aromatic amines is 1. The molecule has 2 aromatic carbocycles. The topological polar surface area (TPSA) is 74.3 Å². The van der Waals surface area contributed by atoms with Crippen LogP contribution in [0, 0.1) is 0 Å². The van der Waals surface area contributed by atoms with Gasteiger partial charge in [-0.2, -0.15) is 5.10 Å². The number of carbonyl (C=O) groups excluding carboxylic acids is 1. The van der Waals surface area contributed by atoms with Crippen molar-refractivity contribution in [3.63, 3.8) is 0 Å². The van der Waals surface area contributed by atoms with Gasteiger partial charge in [-0.25, -0.2) is 4.98 Å². The van der Waals surface area contributed by atoms with Crippen LogP contribution in [0.15, 0.2) is 48.7 Å². The molecule has 224 valence electrons. The van der Waals surface area contributed by atoms with Gasteiger partial charge in [0.05, 0.1) is 22.4 Å². The molecule has 2 saturated heterocycles. The molecule has 43 heavy (non-hydrogen) atoms. The van der Waals surface area contributed by atoms with E-state index in [-0.39, 0.29) is 12.0 Å². The number of nitrogens with zero attached hydrogens (tertiary/aromatic N) is 4. The van der Waals surface area contributed by atoms with Crippen molar-refractivity contribution in [3.8, 4) is 22.4 Å². The highest BCUT2D eigenvalue weighted by Gasteiger charge is 2.35. The van der Waals surface area contributed by atoms with Crippen LogP contribution in [0.5, 0.6) is 0 Å². The summed E-state index contributed by atoms with van der Waals surface area (Å²) in [5.74, 6) is -0.0338. The summed E-state index contributed by atoms with van der Waals surface area (Å²) in [6.45, 7) is 6.32. The Hall–Kier alpha value is -3.26. The fourth-order valence-corrected chi connectivity index (χ4v) is 7.64. The molecule has 2 aromatic heterocycles. The number of rotatable bonds is 5. The Balaban J connectivity index is 1.13. The third-order valence-corrected chi connectivity index (χ3v) is 10.5. The Bertz CT molecular complexity index is 1650. The lowest BCUT2D eigenvalue weighted by molar-refractivity contribution is 0.0351. The first-order chi connectivity index (χ1) is 20.9. The van der Waals surface area contributed by atoms with Gasteiger partial charge in [0.1, 0.15) is 0 Å². The van der Waals surface area contributed by atoms with Crippen LogP contribution in [0.1, 0.15) is 66.9 Å². The molecule has 0 bridgehead atoms. The highest BCUT2D eigenvalue weighted by Crippen LogP contribution is 2.37. The van der Waals surface area contributed by atoms with Gasteiger partial charge in [-0.05, 0) is 106 Å². The molecular weight excluding hydrogens is 558 g/mol. The zero-order chi connectivity index (χ0) is 29.6. The SMILES string of the molecule is COC1CCN(C(=O)c2ccc(-c3[nH]nc4ncc(-c5ccc6c(c5)CCC(C)(N5CCCC5)CC6)cc34)cc2Cl)CC1. The highest BCUT2D eigenvalue weighted by molar-refractivity contribution is 6.34. The van der Waals surface area contributed by atoms with Crippen LogP contribution < -0.4 is 0 Å². The van der Waals surface area contributed by atoms with E-state index in [1.807, 2.05) is 29.3 Å². The molecule has 0 spiro atoms. The second-order valence-electron chi connectivity index (χ2n) is 12.8. The van der Waals surface area contributed by atoms with E-state index < -0.39 is 0 Å². The Labute approximate surface area is 258 Å². The lowest BCUT2D eigenvalue weighted by Crippen LogP contribution is -2.44. The number of piperidine rings is 1. The van der Waals surface area contributed by atoms with Crippen molar-refractivity contribution in [1.82, 2.24) is 25.0 Å². The third-order valence-electron chi connectivity index (χ3n) is 10.2. The molecule has 1 N–H and O–H groups in total. The van der Waals surface area contributed by atoms with Crippen LogP contribution in [-0.4, -0.2) is 75.8 Å². The van der Waals surface area contributed by atoms with Crippen LogP contribution in [0.3, 0.4) is 0 Å². The number of halogens is 1. The van der Waals surface area contributed by atoms with E-state index in [1.165, 1.54) is 55.5 Å². The number of nitrogens with one attached hydrogen (secondary N) is 1. The van der Waals surface area contributed by atoms with Crippen LogP contribution in [-0.2, 0) is 17.6 Å². The summed E-state index contributed by atoms with van der Waals surface area (Å²) in [6.07, 6.45) is 11.2. The molecule has 2 fully saturated rings. The molecule has 1 unspecified atom stereocenters. The second-order valence-corrected chi connectivity index (χ2v) is 13.2. The average Bonchev–Trinajstić information content (AvgIpc) is 3.70. The van der Waals surface area contributed by atoms with Crippen molar-refractivity contribution in [2.75, 3.05) is 33.3 Å². The van der Waals surface area contributed by atoms with Gasteiger partial charge in [0.25, 0.3) is 5.91 Å². The summed E-state index contributed by atoms with van der Waals surface area (Å²) in [5.41, 5.74) is 8.41. The first-order valence-electron chi connectivity index (χ1n) is 15.8. The van der Waals surface area contributed by atoms with Crippen LogP contribution in [0.25, 0.3) is 33.4 Å². The Morgan fingerprint density at radius 1 is 0.953 bits per heavy atom. The molecule has 2 aliphatic heterocycles. The molecule has 7 nitrogen and oxygen atoms in total. The molecule has 4 aromatic rings. The quantitative estimate of drug-likeness (QED) is 0.253. The summed E-state index contributed by atoms with van der Waals surface area (Å²) in [6, 6.07) is 14.7. The number of ether oxygens (including phenoxy) is 1. The van der Waals surface area contributed by atoms with Gasteiger partial charge in [0.15, 0.2) is 5.65 Å². The predicted molar refractivity (Wildman–Crippen MR) is 172 cm³/mol. The van der Waals surface area contributed by atoms with E-state index in [9.17, 15) is 4.79 Å². The van der Waals surface area contributed by atoms with Crippen molar-refractivity contribution >= 4 is 28.5 Å². The summed E-state index contributed by atoms with van der Waals surface area (Å²) in [7, 11) is 1.73. The highest BCUT2D eigenvalue weighted by atomic mass is 35.5. The lowest BCUT2D eigenvalue weighted by Gasteiger charge is -2.38. The van der Waals surface area contributed by atoms with E-state index >= 15 is 0 Å². The number of H-pyrrole nitrogens is 1. The molecule has 1 aliphatic carbocycles. The molecule has 4 heterocycles. The van der Waals surface area contributed by atoms with Gasteiger partial charge >= 0.3 is 0 Å². The summed E-state index contributed by atoms with van der Waals surface area (Å²) in [5, 5.41) is 9.01. The Morgan fingerprint density at radius 3 is 2.44 bits per heavy atom. The standard InChI is InChI=1S/C35H40ClN5O2/c1-35(41-15-3-4-16-41)13-9-23-5-6-24(19-25(23)10-14-35)27-20-30-32(38-39-33(30)37-22-27)26-7-8-29(31(36)21-26)34(42)40-17-11-28(43-2)12-18-40/h5-8,19-22,28H,3-4,9-18H2,1-2H3,(H,37,38,39). The number of aryl methyl sites for hydroxylation is 2. The Kier molecular flexibility index (Phi) is 7.74. The van der Waals surface area contributed by atoms with Crippen LogP contribution in [0.2, 0.25) is 5.02 Å². The van der Waals surface area contributed by atoms with E-state index in [4.69, 9.17) is 21.3 Å². The summed E-state index contributed by atoms with van der Waals surface area (Å²) < 4.78 is 5.45. The number of methoxy groups -OCH3 is 1. The first-order valence-corrected chi connectivity index (χ1v) is 16.1. The minimum atomic E-state index is -0.0338. The van der Waals surface area contributed by atoms with Crippen molar-refractivity contribution in [1.29, 1.82) is 0 Å². The number of carbonyl (C=O) groups is 1. The monoisotopic (exact) mass is 597 g/mol. The average molecular weight is 598 g/mol. The number of pyridine rings is 1. The van der Waals surface area contributed by atoms with Gasteiger partial charge in [-0.3, -0.25) is 14.8 Å². The maximum Gasteiger partial charge on any atom is 0.255 e. The number of hydrogen-bond donors (Lipinski definition) is 1. The van der Waals surface area contributed by atoms with Gasteiger partial charge < -0.3 is 9.64 Å². The number of hydrogen-bond acceptors (Lipinski definition) is 5. The van der Waals surface area contributed by atoms with Crippen molar-refractivity contribution < 1.29 is 9.53 Å². The van der Waals surface area contributed by atoms with Crippen LogP contribution >= 0.6 is 11.6 Å². The molecule has 1 amide bonds. The third kappa shape index (κ3) is 5.47. The van der Waals surface area contributed by atoms with E-state index in [0.29, 0.717) is 34.9 Å². The second kappa shape index (κ2) is 11.7. The summed E-state index contributed by atoms with van der Waals surface area (Å²) >= 11 is 6.71. The first kappa shape index (κ1) is 28.5. The minimum Gasteiger partial charge on any atom is -0.381 e. The van der Waals surface area contributed by atoms with E-state index in [1.54, 1.807) is 7.11 Å². The number of aromatic nitrogens is 3. The number of amides is 1. The van der Waals surface area contributed by atoms with Crippen LogP contribution in [0.4, 0.5) is 0 Å². The minimum absolute atomic E-state index is 0.0338. The normalized spacial score (nSPS) is 21.7. The molecule has 3 aliphatic rings. The van der Waals surface area contributed by atoms with Crippen molar-refractivity contribution in [2.24, 2.45) is 0 Å². The Morgan fingerprint density at radius 2 is 1.70 bits per heavy atom. The number of fused-ring (bicyclic) bond motifs is 2. The van der Waals surface area contributed by atoms with E-state index in [0.717, 1.165) is 47.9 Å². The van der Waals surface area contributed by atoms with E-state index in [2.05, 4.69) is 46.3 Å². The fourth-order valence-electron chi connectivity index (χ4n) is 7.37. The predicted octanol–water partition coefficient (Wildman–Crippen LogP) is 6.93. The van der Waals surface area contributed by atoms with Gasteiger partial charge in [0, 0.05) is 48.4 Å². The van der Waals surface area contributed by atoms with Gasteiger partial charge in [-0.15, -0.1) is 0 Å². The number of benzene rings is 2. The largest absolute Gasteiger partial charge is 0.381 e. The maximum absolute atomic E-state index is 13.2. The van der Waals surface area contributed by atoms with Gasteiger partial charge in [0.2, 0.25) is 0 Å². The fraction of sp³-hybridized carbons (Fsp3) is 0.457. The molecule has 0 radical (unpaired) electrons. The van der Waals surface area contributed by atoms with Crippen molar-refractivity contribution in [2.45, 2.75) is 69.9 Å². The summed E-state index contributed by atoms with van der Waals surface area (Å²) in [4.78, 5) is 22.5. The molecule has 8 heteroatoms. The molecule has 0 saturated carbocycles. The maximum atomic E-state index is 13.2. The lowest BCUT2D eigenvalue weighted by atomic mass is 9.90. The van der Waals surface area contributed by atoms with Gasteiger partial charge in [-0.1, -0.05) is 35.9 Å². The zero-order valence-corrected chi connectivity index (χ0v) is 25.9. The molecule has 7 rings (SSSR count). The number of likely N-dealkylation sites (tertiary alicyclic amines) is 2. The molecule has 1 atom stereocenters.